The maximum Gasteiger partial charge on any atom is 0.172 e. The van der Waals surface area contributed by atoms with Gasteiger partial charge in [-0.15, -0.1) is 0 Å². The van der Waals surface area contributed by atoms with Gasteiger partial charge in [-0.25, -0.2) is 0 Å². The Morgan fingerprint density at radius 3 is 2.94 bits per heavy atom. The molecule has 2 rings (SSSR count). The lowest BCUT2D eigenvalue weighted by molar-refractivity contribution is 0.111. The number of hydrogen-bond acceptors (Lipinski definition) is 5. The highest BCUT2D eigenvalue weighted by Gasteiger charge is 2.10. The highest BCUT2D eigenvalue weighted by molar-refractivity contribution is 5.81. The van der Waals surface area contributed by atoms with E-state index in [9.17, 15) is 4.79 Å². The van der Waals surface area contributed by atoms with Crippen LogP contribution in [0.5, 0.6) is 11.5 Å². The molecule has 2 aromatic rings. The number of carbonyl (C=O) groups excluding carboxylic acids is 1. The molecule has 5 heteroatoms. The summed E-state index contributed by atoms with van der Waals surface area (Å²) < 4.78 is 15.3. The molecular weight excluding hydrogens is 222 g/mol. The molecule has 17 heavy (non-hydrogen) atoms. The molecule has 0 amide bonds. The molecular formula is C12H11NO4. The molecule has 1 heterocycles. The van der Waals surface area contributed by atoms with Gasteiger partial charge in [0.05, 0.1) is 12.7 Å². The molecule has 0 unspecified atom stereocenters. The fraction of sp³-hybridized carbons (Fsp3) is 0.167. The second kappa shape index (κ2) is 5.16. The van der Waals surface area contributed by atoms with Crippen molar-refractivity contribution in [2.45, 2.75) is 6.61 Å². The van der Waals surface area contributed by atoms with E-state index in [-0.39, 0.29) is 6.61 Å². The van der Waals surface area contributed by atoms with Crippen LogP contribution in [0.25, 0.3) is 0 Å². The standard InChI is InChI=1S/C12H11NO4/c1-15-11-4-2-3-9(7-14)12(11)16-8-10-5-6-17-13-10/h2-7H,8H2,1H3. The molecule has 0 saturated heterocycles. The number of hydrogen-bond donors (Lipinski definition) is 0. The van der Waals surface area contributed by atoms with Crippen molar-refractivity contribution in [3.8, 4) is 11.5 Å². The van der Waals surface area contributed by atoms with E-state index in [0.717, 1.165) is 6.29 Å². The summed E-state index contributed by atoms with van der Waals surface area (Å²) in [6.07, 6.45) is 2.18. The Labute approximate surface area is 97.9 Å². The van der Waals surface area contributed by atoms with Crippen molar-refractivity contribution in [3.05, 3.63) is 41.8 Å². The summed E-state index contributed by atoms with van der Waals surface area (Å²) in [5.74, 6) is 0.922. The largest absolute Gasteiger partial charge is 0.493 e. The molecule has 0 aliphatic carbocycles. The van der Waals surface area contributed by atoms with Gasteiger partial charge in [-0.05, 0) is 12.1 Å². The number of methoxy groups -OCH3 is 1. The first-order valence-electron chi connectivity index (χ1n) is 4.99. The summed E-state index contributed by atoms with van der Waals surface area (Å²) in [7, 11) is 1.52. The van der Waals surface area contributed by atoms with Gasteiger partial charge in [0.1, 0.15) is 18.6 Å². The van der Waals surface area contributed by atoms with Crippen LogP contribution in [0.3, 0.4) is 0 Å². The fourth-order valence-electron chi connectivity index (χ4n) is 1.40. The van der Waals surface area contributed by atoms with Gasteiger partial charge in [0, 0.05) is 6.07 Å². The lowest BCUT2D eigenvalue weighted by Gasteiger charge is -2.11. The Hall–Kier alpha value is -2.30. The summed E-state index contributed by atoms with van der Waals surface area (Å²) in [4.78, 5) is 10.9. The van der Waals surface area contributed by atoms with Crippen LogP contribution >= 0.6 is 0 Å². The van der Waals surface area contributed by atoms with Gasteiger partial charge in [-0.2, -0.15) is 0 Å². The maximum absolute atomic E-state index is 10.9. The smallest absolute Gasteiger partial charge is 0.172 e. The quantitative estimate of drug-likeness (QED) is 0.740. The average molecular weight is 233 g/mol. The van der Waals surface area contributed by atoms with Gasteiger partial charge in [-0.3, -0.25) is 4.79 Å². The Morgan fingerprint density at radius 1 is 1.41 bits per heavy atom. The lowest BCUT2D eigenvalue weighted by atomic mass is 10.2. The van der Waals surface area contributed by atoms with Crippen LogP contribution in [0.15, 0.2) is 35.1 Å². The van der Waals surface area contributed by atoms with Crippen molar-refractivity contribution in [3.63, 3.8) is 0 Å². The second-order valence-corrected chi connectivity index (χ2v) is 3.28. The molecule has 0 aliphatic rings. The van der Waals surface area contributed by atoms with Gasteiger partial charge < -0.3 is 14.0 Å². The van der Waals surface area contributed by atoms with Crippen LogP contribution in [0.1, 0.15) is 16.1 Å². The molecule has 0 aliphatic heterocycles. The zero-order chi connectivity index (χ0) is 12.1. The molecule has 1 aromatic carbocycles. The van der Waals surface area contributed by atoms with Crippen LogP contribution < -0.4 is 9.47 Å². The number of nitrogens with zero attached hydrogens (tertiary/aromatic N) is 1. The van der Waals surface area contributed by atoms with Gasteiger partial charge in [-0.1, -0.05) is 11.2 Å². The van der Waals surface area contributed by atoms with Crippen molar-refractivity contribution in [1.82, 2.24) is 5.16 Å². The Morgan fingerprint density at radius 2 is 2.29 bits per heavy atom. The number of para-hydroxylation sites is 1. The highest BCUT2D eigenvalue weighted by Crippen LogP contribution is 2.30. The summed E-state index contributed by atoms with van der Waals surface area (Å²) in [6.45, 7) is 0.220. The monoisotopic (exact) mass is 233 g/mol. The number of aromatic nitrogens is 1. The zero-order valence-electron chi connectivity index (χ0n) is 9.25. The van der Waals surface area contributed by atoms with E-state index in [1.54, 1.807) is 24.3 Å². The summed E-state index contributed by atoms with van der Waals surface area (Å²) in [6, 6.07) is 6.81. The number of carbonyl (C=O) groups is 1. The molecule has 0 radical (unpaired) electrons. The highest BCUT2D eigenvalue weighted by atomic mass is 16.5. The van der Waals surface area contributed by atoms with Crippen LogP contribution in [-0.4, -0.2) is 18.6 Å². The number of ether oxygens (including phenoxy) is 2. The minimum Gasteiger partial charge on any atom is -0.493 e. The molecule has 0 spiro atoms. The van der Waals surface area contributed by atoms with Gasteiger partial charge in [0.2, 0.25) is 0 Å². The number of rotatable bonds is 5. The van der Waals surface area contributed by atoms with E-state index < -0.39 is 0 Å². The molecule has 0 saturated carbocycles. The predicted octanol–water partition coefficient (Wildman–Crippen LogP) is 2.07. The summed E-state index contributed by atoms with van der Waals surface area (Å²) in [5.41, 5.74) is 1.08. The van der Waals surface area contributed by atoms with E-state index in [1.165, 1.54) is 13.4 Å². The zero-order valence-corrected chi connectivity index (χ0v) is 9.25. The molecule has 0 fully saturated rings. The molecule has 1 aromatic heterocycles. The van der Waals surface area contributed by atoms with Crippen LogP contribution in [-0.2, 0) is 6.61 Å². The van der Waals surface area contributed by atoms with Crippen LogP contribution in [0.2, 0.25) is 0 Å². The lowest BCUT2D eigenvalue weighted by Crippen LogP contribution is -2.00. The Kier molecular flexibility index (Phi) is 3.40. The Bertz CT molecular complexity index is 493. The van der Waals surface area contributed by atoms with Crippen molar-refractivity contribution in [1.29, 1.82) is 0 Å². The second-order valence-electron chi connectivity index (χ2n) is 3.28. The molecule has 88 valence electrons. The minimum absolute atomic E-state index is 0.220. The van der Waals surface area contributed by atoms with Crippen molar-refractivity contribution in [2.75, 3.05) is 7.11 Å². The van der Waals surface area contributed by atoms with Gasteiger partial charge in [0.25, 0.3) is 0 Å². The topological polar surface area (TPSA) is 61.6 Å². The van der Waals surface area contributed by atoms with Gasteiger partial charge in [0.15, 0.2) is 17.8 Å². The summed E-state index contributed by atoms with van der Waals surface area (Å²) in [5, 5.41) is 3.71. The van der Waals surface area contributed by atoms with Crippen LogP contribution in [0, 0.1) is 0 Å². The molecule has 5 nitrogen and oxygen atoms in total. The van der Waals surface area contributed by atoms with Crippen LogP contribution in [0.4, 0.5) is 0 Å². The van der Waals surface area contributed by atoms with E-state index >= 15 is 0 Å². The third-order valence-corrected chi connectivity index (χ3v) is 2.21. The predicted molar refractivity (Wildman–Crippen MR) is 59.2 cm³/mol. The molecule has 0 bridgehead atoms. The summed E-state index contributed by atoms with van der Waals surface area (Å²) >= 11 is 0. The first-order chi connectivity index (χ1) is 8.35. The van der Waals surface area contributed by atoms with E-state index in [2.05, 4.69) is 9.68 Å². The maximum atomic E-state index is 10.9. The third kappa shape index (κ3) is 2.44. The van der Waals surface area contributed by atoms with Crippen molar-refractivity contribution < 1.29 is 18.8 Å². The average Bonchev–Trinajstić information content (AvgIpc) is 2.88. The number of benzene rings is 1. The first kappa shape index (κ1) is 11.2. The Balaban J connectivity index is 2.21. The van der Waals surface area contributed by atoms with E-state index in [4.69, 9.17) is 9.47 Å². The van der Waals surface area contributed by atoms with E-state index in [1.807, 2.05) is 0 Å². The first-order valence-corrected chi connectivity index (χ1v) is 4.99. The minimum atomic E-state index is 0.220. The SMILES string of the molecule is COc1cccc(C=O)c1OCc1ccon1. The van der Waals surface area contributed by atoms with Crippen molar-refractivity contribution >= 4 is 6.29 Å². The molecule has 0 atom stereocenters. The third-order valence-electron chi connectivity index (χ3n) is 2.21. The normalized spacial score (nSPS) is 9.94. The fourth-order valence-corrected chi connectivity index (χ4v) is 1.40. The number of aldehydes is 1. The molecule has 0 N–H and O–H groups in total. The van der Waals surface area contributed by atoms with Gasteiger partial charge >= 0.3 is 0 Å². The van der Waals surface area contributed by atoms with E-state index in [0.29, 0.717) is 22.8 Å². The van der Waals surface area contributed by atoms with Crippen molar-refractivity contribution in [2.24, 2.45) is 0 Å².